The molecule has 1 unspecified atom stereocenters. The van der Waals surface area contributed by atoms with Gasteiger partial charge in [0.1, 0.15) is 11.5 Å². The smallest absolute Gasteiger partial charge is 0.336 e. The van der Waals surface area contributed by atoms with Crippen LogP contribution in [-0.4, -0.2) is 6.04 Å². The standard InChI is InChI=1S/C9H7NO3/c11-9-4-2-6-1-3-7(10-12)5-8(6)13-9/h1-2,4-5,7H,3H2. The van der Waals surface area contributed by atoms with E-state index in [1.165, 1.54) is 6.07 Å². The summed E-state index contributed by atoms with van der Waals surface area (Å²) in [5, 5.41) is 3.72. The Bertz CT molecular complexity index is 500. The first-order chi connectivity index (χ1) is 6.29. The first kappa shape index (κ1) is 7.91. The van der Waals surface area contributed by atoms with Crippen LogP contribution < -0.4 is 16.3 Å². The molecule has 1 aliphatic carbocycles. The van der Waals surface area contributed by atoms with Crippen LogP contribution in [0.2, 0.25) is 0 Å². The summed E-state index contributed by atoms with van der Waals surface area (Å²) in [6, 6.07) is 2.63. The molecule has 1 heterocycles. The molecule has 0 saturated carbocycles. The van der Waals surface area contributed by atoms with Crippen LogP contribution in [0.3, 0.4) is 0 Å². The van der Waals surface area contributed by atoms with Gasteiger partial charge in [0.05, 0.1) is 0 Å². The van der Waals surface area contributed by atoms with E-state index < -0.39 is 11.7 Å². The minimum absolute atomic E-state index is 0.405. The van der Waals surface area contributed by atoms with E-state index in [4.69, 9.17) is 4.42 Å². The predicted octanol–water partition coefficient (Wildman–Crippen LogP) is -0.260. The maximum Gasteiger partial charge on any atom is 0.336 e. The van der Waals surface area contributed by atoms with Gasteiger partial charge < -0.3 is 4.42 Å². The van der Waals surface area contributed by atoms with E-state index in [0.29, 0.717) is 11.8 Å². The topological polar surface area (TPSA) is 59.6 Å². The second-order valence-electron chi connectivity index (χ2n) is 2.85. The molecule has 1 aliphatic rings. The van der Waals surface area contributed by atoms with Gasteiger partial charge in [-0.25, -0.2) is 4.79 Å². The Kier molecular flexibility index (Phi) is 1.81. The van der Waals surface area contributed by atoms with Crippen molar-refractivity contribution >= 4 is 12.2 Å². The monoisotopic (exact) mass is 177 g/mol. The molecule has 13 heavy (non-hydrogen) atoms. The second kappa shape index (κ2) is 2.97. The van der Waals surface area contributed by atoms with E-state index >= 15 is 0 Å². The summed E-state index contributed by atoms with van der Waals surface area (Å²) in [4.78, 5) is 21.1. The van der Waals surface area contributed by atoms with Gasteiger partial charge >= 0.3 is 5.63 Å². The third kappa shape index (κ3) is 1.42. The van der Waals surface area contributed by atoms with Crippen molar-refractivity contribution in [3.8, 4) is 0 Å². The van der Waals surface area contributed by atoms with E-state index in [-0.39, 0.29) is 0 Å². The van der Waals surface area contributed by atoms with Crippen molar-refractivity contribution in [2.75, 3.05) is 0 Å². The minimum Gasteiger partial charge on any atom is -0.423 e. The van der Waals surface area contributed by atoms with Gasteiger partial charge in [-0.15, -0.1) is 0 Å². The number of nitroso groups, excluding NO2 is 1. The van der Waals surface area contributed by atoms with Crippen LogP contribution in [0, 0.1) is 4.91 Å². The molecule has 0 amide bonds. The Balaban J connectivity index is 2.71. The second-order valence-corrected chi connectivity index (χ2v) is 2.85. The Morgan fingerprint density at radius 1 is 1.46 bits per heavy atom. The lowest BCUT2D eigenvalue weighted by molar-refractivity contribution is 0.469. The Hall–Kier alpha value is -1.71. The molecule has 0 fully saturated rings. The zero-order chi connectivity index (χ0) is 9.26. The molecule has 4 heteroatoms. The summed E-state index contributed by atoms with van der Waals surface area (Å²) in [6.45, 7) is 0. The number of fused-ring (bicyclic) bond motifs is 1. The van der Waals surface area contributed by atoms with Gasteiger partial charge in [0.25, 0.3) is 0 Å². The van der Waals surface area contributed by atoms with Crippen molar-refractivity contribution in [2.24, 2.45) is 5.18 Å². The van der Waals surface area contributed by atoms with Crippen molar-refractivity contribution in [2.45, 2.75) is 12.5 Å². The summed E-state index contributed by atoms with van der Waals surface area (Å²) in [5.41, 5.74) is 0.0401. The van der Waals surface area contributed by atoms with Gasteiger partial charge in [-0.3, -0.25) is 0 Å². The third-order valence-electron chi connectivity index (χ3n) is 1.95. The van der Waals surface area contributed by atoms with Crippen LogP contribution in [0.25, 0.3) is 12.2 Å². The van der Waals surface area contributed by atoms with Gasteiger partial charge in [-0.1, -0.05) is 11.3 Å². The quantitative estimate of drug-likeness (QED) is 0.555. The van der Waals surface area contributed by atoms with Crippen LogP contribution in [-0.2, 0) is 0 Å². The van der Waals surface area contributed by atoms with Crippen molar-refractivity contribution in [3.63, 3.8) is 0 Å². The highest BCUT2D eigenvalue weighted by molar-refractivity contribution is 5.39. The molecule has 1 aromatic rings. The van der Waals surface area contributed by atoms with Crippen LogP contribution in [0.4, 0.5) is 0 Å². The molecule has 0 spiro atoms. The van der Waals surface area contributed by atoms with Crippen molar-refractivity contribution in [1.82, 2.24) is 0 Å². The molecule has 4 nitrogen and oxygen atoms in total. The molecule has 0 N–H and O–H groups in total. The average Bonchev–Trinajstić information content (AvgIpc) is 2.16. The SMILES string of the molecule is O=NC1C=c2oc(=O)ccc2=CC1. The van der Waals surface area contributed by atoms with E-state index in [1.807, 2.05) is 6.08 Å². The van der Waals surface area contributed by atoms with Crippen LogP contribution >= 0.6 is 0 Å². The molecule has 0 bridgehead atoms. The highest BCUT2D eigenvalue weighted by atomic mass is 16.4. The summed E-state index contributed by atoms with van der Waals surface area (Å²) >= 11 is 0. The first-order valence-electron chi connectivity index (χ1n) is 3.94. The van der Waals surface area contributed by atoms with E-state index in [9.17, 15) is 9.70 Å². The zero-order valence-corrected chi connectivity index (χ0v) is 6.77. The minimum atomic E-state index is -0.407. The van der Waals surface area contributed by atoms with Gasteiger partial charge in [0, 0.05) is 11.3 Å². The molecule has 2 rings (SSSR count). The Morgan fingerprint density at radius 3 is 3.08 bits per heavy atom. The molecule has 1 atom stereocenters. The molecule has 0 radical (unpaired) electrons. The summed E-state index contributed by atoms with van der Waals surface area (Å²) in [6.07, 6.45) is 3.98. The van der Waals surface area contributed by atoms with E-state index in [0.717, 1.165) is 5.22 Å². The van der Waals surface area contributed by atoms with Crippen molar-refractivity contribution in [3.05, 3.63) is 38.1 Å². The fourth-order valence-corrected chi connectivity index (χ4v) is 1.30. The fraction of sp³-hybridized carbons (Fsp3) is 0.222. The molecular weight excluding hydrogens is 170 g/mol. The largest absolute Gasteiger partial charge is 0.423 e. The number of nitrogens with zero attached hydrogens (tertiary/aromatic N) is 1. The lowest BCUT2D eigenvalue weighted by Crippen LogP contribution is -2.32. The molecule has 1 aromatic heterocycles. The number of hydrogen-bond donors (Lipinski definition) is 0. The summed E-state index contributed by atoms with van der Waals surface area (Å²) < 4.78 is 4.89. The van der Waals surface area contributed by atoms with Gasteiger partial charge in [-0.2, -0.15) is 4.91 Å². The zero-order valence-electron chi connectivity index (χ0n) is 6.77. The van der Waals surface area contributed by atoms with E-state index in [1.54, 1.807) is 12.1 Å². The molecule has 0 aromatic carbocycles. The van der Waals surface area contributed by atoms with Crippen LogP contribution in [0.1, 0.15) is 6.42 Å². The normalized spacial score (nSPS) is 19.5. The van der Waals surface area contributed by atoms with E-state index in [2.05, 4.69) is 5.18 Å². The highest BCUT2D eigenvalue weighted by Gasteiger charge is 2.07. The maximum atomic E-state index is 10.8. The Labute approximate surface area is 73.2 Å². The average molecular weight is 177 g/mol. The molecule has 0 saturated heterocycles. The lowest BCUT2D eigenvalue weighted by Gasteiger charge is -2.02. The van der Waals surface area contributed by atoms with Crippen molar-refractivity contribution < 1.29 is 4.42 Å². The third-order valence-corrected chi connectivity index (χ3v) is 1.95. The molecule has 66 valence electrons. The van der Waals surface area contributed by atoms with Gasteiger partial charge in [-0.05, 0) is 18.6 Å². The highest BCUT2D eigenvalue weighted by Crippen LogP contribution is 2.01. The predicted molar refractivity (Wildman–Crippen MR) is 47.4 cm³/mol. The van der Waals surface area contributed by atoms with Crippen LogP contribution in [0.5, 0.6) is 0 Å². The molecule has 0 aliphatic heterocycles. The van der Waals surface area contributed by atoms with Crippen molar-refractivity contribution in [1.29, 1.82) is 0 Å². The maximum absolute atomic E-state index is 10.8. The van der Waals surface area contributed by atoms with Crippen LogP contribution in [0.15, 0.2) is 26.5 Å². The summed E-state index contributed by atoms with van der Waals surface area (Å²) in [5.74, 6) is 0. The number of hydrogen-bond acceptors (Lipinski definition) is 4. The fourth-order valence-electron chi connectivity index (χ4n) is 1.30. The Morgan fingerprint density at radius 2 is 2.31 bits per heavy atom. The lowest BCUT2D eigenvalue weighted by atomic mass is 10.1. The summed E-state index contributed by atoms with van der Waals surface area (Å²) in [7, 11) is 0. The van der Waals surface area contributed by atoms with Gasteiger partial charge in [0.15, 0.2) is 0 Å². The number of rotatable bonds is 1. The first-order valence-corrected chi connectivity index (χ1v) is 3.94. The van der Waals surface area contributed by atoms with Gasteiger partial charge in [0.2, 0.25) is 0 Å². The molecular formula is C9H7NO3.